The van der Waals surface area contributed by atoms with E-state index in [0.717, 1.165) is 0 Å². The Bertz CT molecular complexity index is 501. The second kappa shape index (κ2) is 6.58. The number of carbonyl (C=O) groups is 1. The molecule has 0 aliphatic carbocycles. The topological polar surface area (TPSA) is 63.0 Å². The van der Waals surface area contributed by atoms with Crippen molar-refractivity contribution in [2.24, 2.45) is 0 Å². The van der Waals surface area contributed by atoms with Gasteiger partial charge < -0.3 is 4.74 Å². The molecule has 0 bridgehead atoms. The Labute approximate surface area is 116 Å². The summed E-state index contributed by atoms with van der Waals surface area (Å²) in [4.78, 5) is 15.0. The lowest BCUT2D eigenvalue weighted by atomic mass is 10.1. The number of nitriles is 1. The third kappa shape index (κ3) is 3.60. The summed E-state index contributed by atoms with van der Waals surface area (Å²) in [5.41, 5.74) is -0.366. The molecular formula is C11H9F2IN2O2. The van der Waals surface area contributed by atoms with Crippen molar-refractivity contribution < 1.29 is 18.3 Å². The molecule has 0 N–H and O–H groups in total. The monoisotopic (exact) mass is 366 g/mol. The zero-order valence-electron chi connectivity index (χ0n) is 9.41. The molecule has 0 fully saturated rings. The Morgan fingerprint density at radius 1 is 1.67 bits per heavy atom. The minimum Gasteiger partial charge on any atom is -0.466 e. The van der Waals surface area contributed by atoms with Crippen LogP contribution in [-0.2, 0) is 16.0 Å². The third-order valence-electron chi connectivity index (χ3n) is 2.05. The van der Waals surface area contributed by atoms with Crippen molar-refractivity contribution in [3.8, 4) is 6.07 Å². The van der Waals surface area contributed by atoms with Crippen LogP contribution in [0.2, 0.25) is 0 Å². The third-order valence-corrected chi connectivity index (χ3v) is 2.98. The molecule has 4 nitrogen and oxygen atoms in total. The van der Waals surface area contributed by atoms with Crippen LogP contribution in [0.1, 0.15) is 30.2 Å². The summed E-state index contributed by atoms with van der Waals surface area (Å²) < 4.78 is 30.2. The number of aromatic nitrogens is 1. The number of hydrogen-bond acceptors (Lipinski definition) is 4. The van der Waals surface area contributed by atoms with E-state index in [1.807, 2.05) is 0 Å². The van der Waals surface area contributed by atoms with Gasteiger partial charge in [0.2, 0.25) is 0 Å². The van der Waals surface area contributed by atoms with Gasteiger partial charge in [0.05, 0.1) is 18.6 Å². The highest BCUT2D eigenvalue weighted by atomic mass is 127. The molecule has 1 aromatic rings. The number of alkyl halides is 2. The maximum absolute atomic E-state index is 12.6. The molecule has 0 aliphatic rings. The lowest BCUT2D eigenvalue weighted by Gasteiger charge is -2.08. The first-order chi connectivity index (χ1) is 8.49. The molecular weight excluding hydrogens is 357 g/mol. The van der Waals surface area contributed by atoms with Gasteiger partial charge in [-0.15, -0.1) is 0 Å². The van der Waals surface area contributed by atoms with Gasteiger partial charge in [0.15, 0.2) is 0 Å². The number of hydrogen-bond donors (Lipinski definition) is 0. The van der Waals surface area contributed by atoms with Crippen molar-refractivity contribution >= 4 is 28.6 Å². The summed E-state index contributed by atoms with van der Waals surface area (Å²) in [6.07, 6.45) is -2.90. The van der Waals surface area contributed by atoms with Crippen molar-refractivity contribution in [2.45, 2.75) is 19.8 Å². The van der Waals surface area contributed by atoms with E-state index in [1.165, 1.54) is 6.07 Å². The molecule has 0 spiro atoms. The summed E-state index contributed by atoms with van der Waals surface area (Å²) in [6.45, 7) is 1.91. The molecule has 7 heteroatoms. The van der Waals surface area contributed by atoms with Gasteiger partial charge in [0.25, 0.3) is 6.43 Å². The SMILES string of the molecule is CCOC(=O)Cc1cc(C#N)c(C(F)F)nc1I. The molecule has 1 aromatic heterocycles. The summed E-state index contributed by atoms with van der Waals surface area (Å²) >= 11 is 1.75. The van der Waals surface area contributed by atoms with E-state index >= 15 is 0 Å². The molecule has 0 saturated heterocycles. The molecule has 0 atom stereocenters. The molecule has 18 heavy (non-hydrogen) atoms. The van der Waals surface area contributed by atoms with Gasteiger partial charge in [0, 0.05) is 0 Å². The van der Waals surface area contributed by atoms with Crippen LogP contribution in [0.4, 0.5) is 8.78 Å². The van der Waals surface area contributed by atoms with Crippen molar-refractivity contribution in [2.75, 3.05) is 6.61 Å². The van der Waals surface area contributed by atoms with Crippen molar-refractivity contribution in [3.63, 3.8) is 0 Å². The fraction of sp³-hybridized carbons (Fsp3) is 0.364. The van der Waals surface area contributed by atoms with Crippen LogP contribution in [0.25, 0.3) is 0 Å². The van der Waals surface area contributed by atoms with Gasteiger partial charge in [-0.25, -0.2) is 13.8 Å². The average molecular weight is 366 g/mol. The predicted octanol–water partition coefficient (Wildman–Crippen LogP) is 2.60. The van der Waals surface area contributed by atoms with Crippen LogP contribution in [-0.4, -0.2) is 17.6 Å². The average Bonchev–Trinajstić information content (AvgIpc) is 2.31. The number of nitrogens with zero attached hydrogens (tertiary/aromatic N) is 2. The van der Waals surface area contributed by atoms with Gasteiger partial charge in [-0.1, -0.05) is 0 Å². The van der Waals surface area contributed by atoms with E-state index in [-0.39, 0.29) is 22.3 Å². The number of carbonyl (C=O) groups excluding carboxylic acids is 1. The first kappa shape index (κ1) is 14.8. The number of ether oxygens (including phenoxy) is 1. The van der Waals surface area contributed by atoms with E-state index in [9.17, 15) is 13.6 Å². The van der Waals surface area contributed by atoms with E-state index < -0.39 is 18.1 Å². The van der Waals surface area contributed by atoms with Gasteiger partial charge in [-0.2, -0.15) is 5.26 Å². The molecule has 96 valence electrons. The number of pyridine rings is 1. The van der Waals surface area contributed by atoms with Gasteiger partial charge >= 0.3 is 5.97 Å². The molecule has 0 aliphatic heterocycles. The highest BCUT2D eigenvalue weighted by molar-refractivity contribution is 14.1. The largest absolute Gasteiger partial charge is 0.466 e. The highest BCUT2D eigenvalue weighted by Crippen LogP contribution is 2.24. The van der Waals surface area contributed by atoms with Crippen molar-refractivity contribution in [3.05, 3.63) is 26.6 Å². The van der Waals surface area contributed by atoms with Crippen molar-refractivity contribution in [1.82, 2.24) is 4.98 Å². The Hall–Kier alpha value is -1.30. The molecule has 0 amide bonds. The van der Waals surface area contributed by atoms with Crippen LogP contribution in [0.5, 0.6) is 0 Å². The van der Waals surface area contributed by atoms with E-state index in [4.69, 9.17) is 10.00 Å². The lowest BCUT2D eigenvalue weighted by Crippen LogP contribution is -2.11. The van der Waals surface area contributed by atoms with Crippen LogP contribution >= 0.6 is 22.6 Å². The highest BCUT2D eigenvalue weighted by Gasteiger charge is 2.19. The van der Waals surface area contributed by atoms with Gasteiger partial charge in [-0.3, -0.25) is 4.79 Å². The number of esters is 1. The maximum atomic E-state index is 12.6. The quantitative estimate of drug-likeness (QED) is 0.467. The molecule has 0 unspecified atom stereocenters. The summed E-state index contributed by atoms with van der Waals surface area (Å²) in [6, 6.07) is 2.91. The second-order valence-corrected chi connectivity index (χ2v) is 4.29. The predicted molar refractivity (Wildman–Crippen MR) is 67.0 cm³/mol. The van der Waals surface area contributed by atoms with E-state index in [2.05, 4.69) is 4.98 Å². The van der Waals surface area contributed by atoms with Crippen LogP contribution in [0.15, 0.2) is 6.07 Å². The maximum Gasteiger partial charge on any atom is 0.310 e. The Kier molecular flexibility index (Phi) is 5.40. The molecule has 0 radical (unpaired) electrons. The van der Waals surface area contributed by atoms with Gasteiger partial charge in [-0.05, 0) is 41.1 Å². The van der Waals surface area contributed by atoms with Gasteiger partial charge in [0.1, 0.15) is 15.5 Å². The van der Waals surface area contributed by atoms with Crippen LogP contribution in [0, 0.1) is 15.0 Å². The summed E-state index contributed by atoms with van der Waals surface area (Å²) in [5.74, 6) is -0.481. The lowest BCUT2D eigenvalue weighted by molar-refractivity contribution is -0.142. The molecule has 1 rings (SSSR count). The Balaban J connectivity index is 3.09. The molecule has 0 saturated carbocycles. The van der Waals surface area contributed by atoms with Crippen LogP contribution < -0.4 is 0 Å². The van der Waals surface area contributed by atoms with E-state index in [0.29, 0.717) is 5.56 Å². The minimum absolute atomic E-state index is 0.0860. The fourth-order valence-corrected chi connectivity index (χ4v) is 1.90. The fourth-order valence-electron chi connectivity index (χ4n) is 1.29. The van der Waals surface area contributed by atoms with E-state index in [1.54, 1.807) is 35.6 Å². The number of halogens is 3. The Morgan fingerprint density at radius 2 is 2.33 bits per heavy atom. The zero-order chi connectivity index (χ0) is 13.7. The Morgan fingerprint density at radius 3 is 2.83 bits per heavy atom. The standard InChI is InChI=1S/C11H9F2IN2O2/c1-2-18-8(17)4-6-3-7(5-15)9(10(12)13)16-11(6)14/h3,10H,2,4H2,1H3. The molecule has 0 aromatic carbocycles. The van der Waals surface area contributed by atoms with Crippen molar-refractivity contribution in [1.29, 1.82) is 5.26 Å². The van der Waals surface area contributed by atoms with Crippen LogP contribution in [0.3, 0.4) is 0 Å². The molecule has 1 heterocycles. The summed E-state index contributed by atoms with van der Waals surface area (Å²) in [5, 5.41) is 8.78. The second-order valence-electron chi connectivity index (χ2n) is 3.27. The normalized spacial score (nSPS) is 10.2. The first-order valence-electron chi connectivity index (χ1n) is 5.02. The zero-order valence-corrected chi connectivity index (χ0v) is 11.6. The first-order valence-corrected chi connectivity index (χ1v) is 6.10. The number of rotatable bonds is 4. The summed E-state index contributed by atoms with van der Waals surface area (Å²) in [7, 11) is 0. The smallest absolute Gasteiger partial charge is 0.310 e. The minimum atomic E-state index is -2.81.